The average Bonchev–Trinajstić information content (AvgIpc) is 3.19. The molecule has 9 heteroatoms. The van der Waals surface area contributed by atoms with Gasteiger partial charge in [0.1, 0.15) is 16.4 Å². The van der Waals surface area contributed by atoms with Gasteiger partial charge in [-0.05, 0) is 79.6 Å². The lowest BCUT2D eigenvalue weighted by Gasteiger charge is -2.15. The number of rotatable bonds is 8. The van der Waals surface area contributed by atoms with E-state index in [1.165, 1.54) is 4.90 Å². The Balaban J connectivity index is 1.40. The van der Waals surface area contributed by atoms with Gasteiger partial charge in [0.2, 0.25) is 0 Å². The molecule has 4 aromatic carbocycles. The molecule has 0 radical (unpaired) electrons. The van der Waals surface area contributed by atoms with Crippen LogP contribution in [0.3, 0.4) is 0 Å². The van der Waals surface area contributed by atoms with Gasteiger partial charge in [-0.25, -0.2) is 9.69 Å². The largest absolute Gasteiger partial charge is 0.497 e. The van der Waals surface area contributed by atoms with E-state index < -0.39 is 17.8 Å². The molecule has 206 valence electrons. The summed E-state index contributed by atoms with van der Waals surface area (Å²) in [4.78, 5) is 42.0. The number of nitrogens with zero attached hydrogens (tertiary/aromatic N) is 1. The van der Waals surface area contributed by atoms with Crippen molar-refractivity contribution in [3.8, 4) is 5.75 Å². The summed E-state index contributed by atoms with van der Waals surface area (Å²) in [7, 11) is 1.56. The molecule has 0 fully saturated rings. The van der Waals surface area contributed by atoms with Crippen LogP contribution >= 0.6 is 11.8 Å². The predicted molar refractivity (Wildman–Crippen MR) is 163 cm³/mol. The number of ether oxygens (including phenoxy) is 1. The first-order chi connectivity index (χ1) is 19.8. The lowest BCUT2D eigenvalue weighted by atomic mass is 10.1. The molecule has 4 amide bonds. The molecule has 4 aromatic rings. The number of imide groups is 1. The van der Waals surface area contributed by atoms with Gasteiger partial charge in [-0.1, -0.05) is 48.2 Å². The van der Waals surface area contributed by atoms with Crippen LogP contribution in [0.4, 0.5) is 27.5 Å². The molecule has 1 aliphatic rings. The summed E-state index contributed by atoms with van der Waals surface area (Å²) in [5.41, 5.74) is 4.68. The van der Waals surface area contributed by atoms with Gasteiger partial charge >= 0.3 is 6.03 Å². The van der Waals surface area contributed by atoms with Crippen LogP contribution in [0.25, 0.3) is 0 Å². The molecular weight excluding hydrogens is 536 g/mol. The van der Waals surface area contributed by atoms with Crippen LogP contribution in [-0.4, -0.2) is 25.0 Å². The number of amides is 4. The lowest BCUT2D eigenvalue weighted by Crippen LogP contribution is -2.32. The minimum Gasteiger partial charge on any atom is -0.497 e. The molecule has 0 atom stereocenters. The standard InChI is InChI=1S/C32H28N4O4S/c1-20-15-16-24(17-21(20)2)33-28-29(31(38)36(30(28)37)25-11-5-4-6-12-25)41-27-14-8-10-23(19-27)35-32(39)34-22-9-7-13-26(18-22)40-3/h4-19,33H,1-3H3,(H2,34,35,39). The van der Waals surface area contributed by atoms with Gasteiger partial charge in [0, 0.05) is 28.0 Å². The smallest absolute Gasteiger partial charge is 0.323 e. The van der Waals surface area contributed by atoms with Crippen LogP contribution in [-0.2, 0) is 9.59 Å². The van der Waals surface area contributed by atoms with E-state index in [1.54, 1.807) is 73.8 Å². The van der Waals surface area contributed by atoms with Crippen molar-refractivity contribution in [2.45, 2.75) is 18.7 Å². The van der Waals surface area contributed by atoms with Crippen molar-refractivity contribution in [1.82, 2.24) is 0 Å². The van der Waals surface area contributed by atoms with E-state index in [1.807, 2.05) is 44.2 Å². The molecule has 0 bridgehead atoms. The number of nitrogens with one attached hydrogen (secondary N) is 3. The monoisotopic (exact) mass is 564 g/mol. The molecule has 41 heavy (non-hydrogen) atoms. The van der Waals surface area contributed by atoms with Crippen molar-refractivity contribution in [3.63, 3.8) is 0 Å². The SMILES string of the molecule is COc1cccc(NC(=O)Nc2cccc(SC3=C(Nc4ccc(C)c(C)c4)C(=O)N(c4ccccc4)C3=O)c2)c1. The fraction of sp³-hybridized carbons (Fsp3) is 0.0938. The fourth-order valence-corrected chi connectivity index (χ4v) is 5.23. The first kappa shape index (κ1) is 27.5. The van der Waals surface area contributed by atoms with Crippen molar-refractivity contribution >= 4 is 52.4 Å². The number of thioether (sulfide) groups is 1. The maximum atomic E-state index is 13.7. The number of para-hydroxylation sites is 1. The van der Waals surface area contributed by atoms with E-state index in [4.69, 9.17) is 4.74 Å². The van der Waals surface area contributed by atoms with Crippen LogP contribution in [0.15, 0.2) is 113 Å². The van der Waals surface area contributed by atoms with E-state index in [2.05, 4.69) is 16.0 Å². The molecule has 1 aliphatic heterocycles. The second-order valence-electron chi connectivity index (χ2n) is 9.35. The molecule has 0 spiro atoms. The van der Waals surface area contributed by atoms with Gasteiger partial charge in [0.25, 0.3) is 11.8 Å². The lowest BCUT2D eigenvalue weighted by molar-refractivity contribution is -0.120. The minimum absolute atomic E-state index is 0.196. The first-order valence-corrected chi connectivity index (χ1v) is 13.7. The van der Waals surface area contributed by atoms with E-state index in [0.717, 1.165) is 22.9 Å². The Morgan fingerprint density at radius 1 is 0.732 bits per heavy atom. The molecule has 0 aliphatic carbocycles. The van der Waals surface area contributed by atoms with E-state index >= 15 is 0 Å². The zero-order valence-corrected chi connectivity index (χ0v) is 23.5. The molecule has 3 N–H and O–H groups in total. The van der Waals surface area contributed by atoms with E-state index in [0.29, 0.717) is 33.4 Å². The number of hydrogen-bond acceptors (Lipinski definition) is 6. The van der Waals surface area contributed by atoms with Crippen LogP contribution in [0.1, 0.15) is 11.1 Å². The van der Waals surface area contributed by atoms with Gasteiger partial charge in [0.05, 0.1) is 12.8 Å². The molecule has 1 heterocycles. The summed E-state index contributed by atoms with van der Waals surface area (Å²) in [6, 6.07) is 28.3. The van der Waals surface area contributed by atoms with E-state index in [9.17, 15) is 14.4 Å². The Morgan fingerprint density at radius 3 is 2.15 bits per heavy atom. The highest BCUT2D eigenvalue weighted by Crippen LogP contribution is 2.38. The number of anilines is 4. The molecule has 0 saturated carbocycles. The van der Waals surface area contributed by atoms with Gasteiger partial charge in [-0.3, -0.25) is 9.59 Å². The first-order valence-electron chi connectivity index (χ1n) is 12.8. The highest BCUT2D eigenvalue weighted by Gasteiger charge is 2.40. The number of urea groups is 1. The summed E-state index contributed by atoms with van der Waals surface area (Å²) in [6.45, 7) is 4.00. The molecule has 0 saturated heterocycles. The maximum Gasteiger partial charge on any atom is 0.323 e. The highest BCUT2D eigenvalue weighted by atomic mass is 32.2. The minimum atomic E-state index is -0.436. The Bertz CT molecular complexity index is 1670. The number of carbonyl (C=O) groups excluding carboxylic acids is 3. The molecular formula is C32H28N4O4S. The van der Waals surface area contributed by atoms with Crippen LogP contribution in [0.2, 0.25) is 0 Å². The third-order valence-electron chi connectivity index (χ3n) is 6.47. The van der Waals surface area contributed by atoms with Crippen LogP contribution < -0.4 is 25.6 Å². The summed E-state index contributed by atoms with van der Waals surface area (Å²) in [6.07, 6.45) is 0. The average molecular weight is 565 g/mol. The molecule has 8 nitrogen and oxygen atoms in total. The normalized spacial score (nSPS) is 12.9. The third-order valence-corrected chi connectivity index (χ3v) is 7.54. The Hall–Kier alpha value is -5.02. The van der Waals surface area contributed by atoms with Crippen LogP contribution in [0.5, 0.6) is 5.75 Å². The van der Waals surface area contributed by atoms with Crippen molar-refractivity contribution in [3.05, 3.63) is 119 Å². The van der Waals surface area contributed by atoms with Crippen LogP contribution in [0, 0.1) is 13.8 Å². The predicted octanol–water partition coefficient (Wildman–Crippen LogP) is 6.95. The second-order valence-corrected chi connectivity index (χ2v) is 10.4. The topological polar surface area (TPSA) is 99.8 Å². The zero-order valence-electron chi connectivity index (χ0n) is 22.7. The van der Waals surface area contributed by atoms with Crippen molar-refractivity contribution < 1.29 is 19.1 Å². The van der Waals surface area contributed by atoms with Gasteiger partial charge < -0.3 is 20.7 Å². The third kappa shape index (κ3) is 6.26. The maximum absolute atomic E-state index is 13.7. The fourth-order valence-electron chi connectivity index (χ4n) is 4.24. The zero-order chi connectivity index (χ0) is 28.9. The Labute approximate surface area is 242 Å². The van der Waals surface area contributed by atoms with E-state index in [-0.39, 0.29) is 10.6 Å². The van der Waals surface area contributed by atoms with Gasteiger partial charge in [-0.2, -0.15) is 0 Å². The number of methoxy groups -OCH3 is 1. The van der Waals surface area contributed by atoms with Crippen molar-refractivity contribution in [2.75, 3.05) is 28.0 Å². The van der Waals surface area contributed by atoms with Gasteiger partial charge in [-0.15, -0.1) is 0 Å². The summed E-state index contributed by atoms with van der Waals surface area (Å²) in [5.74, 6) is -0.236. The molecule has 0 aromatic heterocycles. The summed E-state index contributed by atoms with van der Waals surface area (Å²) in [5, 5.41) is 8.79. The quantitative estimate of drug-likeness (QED) is 0.200. The number of hydrogen-bond donors (Lipinski definition) is 3. The number of carbonyl (C=O) groups is 3. The number of aryl methyl sites for hydroxylation is 2. The van der Waals surface area contributed by atoms with Crippen molar-refractivity contribution in [1.29, 1.82) is 0 Å². The Kier molecular flexibility index (Phi) is 8.07. The second kappa shape index (κ2) is 12.0. The summed E-state index contributed by atoms with van der Waals surface area (Å²) < 4.78 is 5.20. The Morgan fingerprint density at radius 2 is 1.44 bits per heavy atom. The molecule has 0 unspecified atom stereocenters. The highest BCUT2D eigenvalue weighted by molar-refractivity contribution is 8.04. The number of benzene rings is 4. The van der Waals surface area contributed by atoms with Gasteiger partial charge in [0.15, 0.2) is 0 Å². The molecule has 5 rings (SSSR count). The van der Waals surface area contributed by atoms with Crippen molar-refractivity contribution in [2.24, 2.45) is 0 Å². The summed E-state index contributed by atoms with van der Waals surface area (Å²) >= 11 is 1.16.